The molecule has 0 bridgehead atoms. The van der Waals surface area contributed by atoms with E-state index in [-0.39, 0.29) is 0 Å². The molecule has 0 saturated heterocycles. The lowest BCUT2D eigenvalue weighted by Crippen LogP contribution is -2.23. The molecule has 0 N–H and O–H groups in total. The monoisotopic (exact) mass is 219 g/mol. The second-order valence-corrected chi connectivity index (χ2v) is 3.69. The molecule has 1 heterocycles. The van der Waals surface area contributed by atoms with Crippen molar-refractivity contribution in [2.24, 2.45) is 0 Å². The third-order valence-corrected chi connectivity index (χ3v) is 2.75. The molecule has 80 valence electrons. The number of hydrogen-bond acceptors (Lipinski definition) is 3. The lowest BCUT2D eigenvalue weighted by Gasteiger charge is -2.17. The highest BCUT2D eigenvalue weighted by atomic mass is 32.2. The van der Waals surface area contributed by atoms with Crippen LogP contribution in [-0.2, 0) is 17.9 Å². The summed E-state index contributed by atoms with van der Waals surface area (Å²) in [6.45, 7) is 6.37. The number of halogens is 1. The van der Waals surface area contributed by atoms with Gasteiger partial charge in [0.15, 0.2) is 0 Å². The van der Waals surface area contributed by atoms with Crippen molar-refractivity contribution in [1.29, 1.82) is 0 Å². The van der Waals surface area contributed by atoms with Crippen molar-refractivity contribution < 1.29 is 8.09 Å². The van der Waals surface area contributed by atoms with Crippen molar-refractivity contribution in [2.45, 2.75) is 20.4 Å². The molecule has 4 nitrogen and oxygen atoms in total. The highest BCUT2D eigenvalue weighted by molar-refractivity contribution is 7.78. The van der Waals surface area contributed by atoms with E-state index < -0.39 is 11.4 Å². The van der Waals surface area contributed by atoms with E-state index in [0.717, 1.165) is 17.1 Å². The number of nitrogens with zero attached hydrogens (tertiary/aromatic N) is 3. The molecule has 6 heteroatoms. The Morgan fingerprint density at radius 3 is 2.71 bits per heavy atom. The summed E-state index contributed by atoms with van der Waals surface area (Å²) in [5.74, 6) is 0. The van der Waals surface area contributed by atoms with Crippen molar-refractivity contribution in [3.63, 3.8) is 0 Å². The average Bonchev–Trinajstić information content (AvgIpc) is 2.62. The van der Waals surface area contributed by atoms with E-state index in [2.05, 4.69) is 9.88 Å². The van der Waals surface area contributed by atoms with Crippen LogP contribution in [0.4, 0.5) is 3.89 Å². The Labute approximate surface area is 85.6 Å². The molecule has 1 unspecified atom stereocenters. The molecule has 1 aromatic rings. The predicted molar refractivity (Wildman–Crippen MR) is 53.5 cm³/mol. The van der Waals surface area contributed by atoms with Crippen LogP contribution in [0.25, 0.3) is 0 Å². The van der Waals surface area contributed by atoms with Crippen molar-refractivity contribution in [3.05, 3.63) is 18.2 Å². The molecule has 0 spiro atoms. The molecule has 1 aromatic heterocycles. The number of hydrogen-bond donors (Lipinski definition) is 0. The zero-order valence-electron chi connectivity index (χ0n) is 8.31. The minimum atomic E-state index is -2.50. The van der Waals surface area contributed by atoms with Crippen LogP contribution in [-0.4, -0.2) is 31.2 Å². The van der Waals surface area contributed by atoms with Gasteiger partial charge in [0.25, 0.3) is 0 Å². The average molecular weight is 219 g/mol. The SMILES string of the molecule is CCN(CC)Cc1cncn1S(=O)F. The molecule has 0 aromatic carbocycles. The Bertz CT molecular complexity index is 311. The summed E-state index contributed by atoms with van der Waals surface area (Å²) in [5, 5.41) is 0. The lowest BCUT2D eigenvalue weighted by atomic mass is 10.4. The van der Waals surface area contributed by atoms with Gasteiger partial charge in [-0.1, -0.05) is 13.8 Å². The van der Waals surface area contributed by atoms with Gasteiger partial charge in [-0.3, -0.25) is 4.90 Å². The first-order valence-electron chi connectivity index (χ1n) is 4.51. The summed E-state index contributed by atoms with van der Waals surface area (Å²) < 4.78 is 24.2. The standard InChI is InChI=1S/C8H14FN3OS/c1-3-11(4-2)6-8-5-10-7-12(8)14(9)13/h5,7H,3-4,6H2,1-2H3. The minimum absolute atomic E-state index is 0.572. The van der Waals surface area contributed by atoms with Gasteiger partial charge in [0.1, 0.15) is 6.33 Å². The van der Waals surface area contributed by atoms with E-state index in [4.69, 9.17) is 0 Å². The van der Waals surface area contributed by atoms with Crippen molar-refractivity contribution in [1.82, 2.24) is 13.9 Å². The number of rotatable bonds is 5. The van der Waals surface area contributed by atoms with Crippen LogP contribution in [0, 0.1) is 0 Å². The Morgan fingerprint density at radius 2 is 2.21 bits per heavy atom. The number of imidazole rings is 1. The van der Waals surface area contributed by atoms with Crippen molar-refractivity contribution in [2.75, 3.05) is 13.1 Å². The molecule has 0 aliphatic rings. The van der Waals surface area contributed by atoms with Crippen LogP contribution in [0.3, 0.4) is 0 Å². The molecular weight excluding hydrogens is 205 g/mol. The van der Waals surface area contributed by atoms with Gasteiger partial charge in [-0.2, -0.15) is 4.21 Å². The maximum atomic E-state index is 12.6. The lowest BCUT2D eigenvalue weighted by molar-refractivity contribution is 0.291. The Kier molecular flexibility index (Phi) is 4.21. The van der Waals surface area contributed by atoms with Crippen LogP contribution in [0.15, 0.2) is 12.5 Å². The zero-order valence-corrected chi connectivity index (χ0v) is 9.13. The van der Waals surface area contributed by atoms with Crippen molar-refractivity contribution in [3.8, 4) is 0 Å². The Hall–Kier alpha value is -0.750. The molecule has 1 rings (SSSR count). The molecule has 14 heavy (non-hydrogen) atoms. The van der Waals surface area contributed by atoms with Gasteiger partial charge in [0, 0.05) is 6.54 Å². The topological polar surface area (TPSA) is 38.1 Å². The number of aromatic nitrogens is 2. The summed E-state index contributed by atoms with van der Waals surface area (Å²) in [4.78, 5) is 5.87. The summed E-state index contributed by atoms with van der Waals surface area (Å²) >= 11 is -2.50. The first-order valence-corrected chi connectivity index (χ1v) is 5.51. The zero-order chi connectivity index (χ0) is 10.6. The molecular formula is C8H14FN3OS. The quantitative estimate of drug-likeness (QED) is 0.697. The van der Waals surface area contributed by atoms with Crippen LogP contribution in [0.5, 0.6) is 0 Å². The first kappa shape index (κ1) is 11.3. The molecule has 0 radical (unpaired) electrons. The van der Waals surface area contributed by atoms with E-state index in [9.17, 15) is 8.09 Å². The maximum absolute atomic E-state index is 12.6. The fraction of sp³-hybridized carbons (Fsp3) is 0.625. The Morgan fingerprint density at radius 1 is 1.57 bits per heavy atom. The second-order valence-electron chi connectivity index (χ2n) is 2.88. The van der Waals surface area contributed by atoms with Crippen molar-refractivity contribution >= 4 is 11.4 Å². The molecule has 0 saturated carbocycles. The van der Waals surface area contributed by atoms with E-state index >= 15 is 0 Å². The Balaban J connectivity index is 2.75. The summed E-state index contributed by atoms with van der Waals surface area (Å²) in [7, 11) is 0. The predicted octanol–water partition coefficient (Wildman–Crippen LogP) is 1.12. The highest BCUT2D eigenvalue weighted by Crippen LogP contribution is 2.06. The molecule has 0 aliphatic carbocycles. The molecule has 1 atom stereocenters. The summed E-state index contributed by atoms with van der Waals surface area (Å²) in [6.07, 6.45) is 2.78. The van der Waals surface area contributed by atoms with E-state index in [1.807, 2.05) is 13.8 Å². The van der Waals surface area contributed by atoms with Crippen LogP contribution in [0.2, 0.25) is 0 Å². The fourth-order valence-corrected chi connectivity index (χ4v) is 1.64. The van der Waals surface area contributed by atoms with Gasteiger partial charge in [0.05, 0.1) is 11.9 Å². The summed E-state index contributed by atoms with van der Waals surface area (Å²) in [5.41, 5.74) is 0.634. The molecule has 0 aliphatic heterocycles. The van der Waals surface area contributed by atoms with Gasteiger partial charge in [0.2, 0.25) is 0 Å². The molecule has 0 fully saturated rings. The second kappa shape index (κ2) is 5.21. The first-order chi connectivity index (χ1) is 6.69. The molecule has 0 amide bonds. The maximum Gasteiger partial charge on any atom is 0.309 e. The third-order valence-electron chi connectivity index (χ3n) is 2.11. The van der Waals surface area contributed by atoms with Crippen LogP contribution < -0.4 is 0 Å². The fourth-order valence-electron chi connectivity index (χ4n) is 1.23. The van der Waals surface area contributed by atoms with Gasteiger partial charge >= 0.3 is 11.4 Å². The van der Waals surface area contributed by atoms with E-state index in [0.29, 0.717) is 12.2 Å². The van der Waals surface area contributed by atoms with Crippen LogP contribution in [0.1, 0.15) is 19.5 Å². The van der Waals surface area contributed by atoms with Gasteiger partial charge in [-0.05, 0) is 13.1 Å². The van der Waals surface area contributed by atoms with Gasteiger partial charge in [-0.15, -0.1) is 3.89 Å². The van der Waals surface area contributed by atoms with E-state index in [1.165, 1.54) is 12.5 Å². The van der Waals surface area contributed by atoms with Gasteiger partial charge < -0.3 is 0 Å². The largest absolute Gasteiger partial charge is 0.309 e. The smallest absolute Gasteiger partial charge is 0.298 e. The minimum Gasteiger partial charge on any atom is -0.298 e. The summed E-state index contributed by atoms with van der Waals surface area (Å²) in [6, 6.07) is 0. The highest BCUT2D eigenvalue weighted by Gasteiger charge is 2.10. The third kappa shape index (κ3) is 2.62. The normalized spacial score (nSPS) is 13.4. The van der Waals surface area contributed by atoms with E-state index in [1.54, 1.807) is 0 Å². The van der Waals surface area contributed by atoms with Gasteiger partial charge in [-0.25, -0.2) is 8.96 Å². The van der Waals surface area contributed by atoms with Crippen LogP contribution >= 0.6 is 0 Å².